The van der Waals surface area contributed by atoms with Crippen molar-refractivity contribution >= 4 is 35.0 Å². The van der Waals surface area contributed by atoms with Crippen molar-refractivity contribution in [2.45, 2.75) is 50.7 Å². The Labute approximate surface area is 185 Å². The number of methoxy groups -OCH3 is 1. The highest BCUT2D eigenvalue weighted by molar-refractivity contribution is 7.99. The Bertz CT molecular complexity index is 920. The van der Waals surface area contributed by atoms with Gasteiger partial charge in [-0.05, 0) is 36.6 Å². The number of rotatable bonds is 11. The third-order valence-electron chi connectivity index (χ3n) is 4.38. The number of halogens is 1. The molecule has 164 valence electrons. The quantitative estimate of drug-likeness (QED) is 0.396. The van der Waals surface area contributed by atoms with E-state index in [0.717, 1.165) is 29.7 Å². The van der Waals surface area contributed by atoms with E-state index in [2.05, 4.69) is 17.3 Å². The van der Waals surface area contributed by atoms with Gasteiger partial charge in [0.05, 0.1) is 30.7 Å². The minimum absolute atomic E-state index is 0.0712. The van der Waals surface area contributed by atoms with Crippen molar-refractivity contribution in [1.29, 1.82) is 0 Å². The number of hydrogen-bond donors (Lipinski definition) is 2. The fourth-order valence-corrected chi connectivity index (χ4v) is 4.08. The number of ether oxygens (including phenoxy) is 1. The Hall–Kier alpha value is -2.03. The molecule has 30 heavy (non-hydrogen) atoms. The lowest BCUT2D eigenvalue weighted by atomic mass is 10.1. The molecule has 1 aromatic heterocycles. The molecule has 7 nitrogen and oxygen atoms in total. The Morgan fingerprint density at radius 2 is 2.13 bits per heavy atom. The Morgan fingerprint density at radius 1 is 1.37 bits per heavy atom. The number of esters is 1. The van der Waals surface area contributed by atoms with Crippen LogP contribution in [0.1, 0.15) is 42.6 Å². The van der Waals surface area contributed by atoms with E-state index in [1.54, 1.807) is 6.07 Å². The first-order chi connectivity index (χ1) is 14.4. The maximum Gasteiger partial charge on any atom is 0.337 e. The number of hydrogen-bond acceptors (Lipinski definition) is 7. The predicted molar refractivity (Wildman–Crippen MR) is 121 cm³/mol. The number of thioether (sulfide) groups is 1. The number of carbonyl (C=O) groups is 1. The largest absolute Gasteiger partial charge is 0.465 e. The lowest BCUT2D eigenvalue weighted by Gasteiger charge is -2.15. The van der Waals surface area contributed by atoms with Crippen LogP contribution in [0.4, 0.5) is 5.69 Å². The van der Waals surface area contributed by atoms with Crippen LogP contribution in [0.2, 0.25) is 5.02 Å². The number of carbonyl (C=O) groups excluding carboxylic acids is 1. The minimum Gasteiger partial charge on any atom is -0.465 e. The number of nitrogens with one attached hydrogen (secondary N) is 1. The summed E-state index contributed by atoms with van der Waals surface area (Å²) in [5.41, 5.74) is 1.64. The van der Waals surface area contributed by atoms with Crippen LogP contribution in [0.25, 0.3) is 0 Å². The third kappa shape index (κ3) is 6.48. The summed E-state index contributed by atoms with van der Waals surface area (Å²) in [6.07, 6.45) is 3.39. The van der Waals surface area contributed by atoms with Gasteiger partial charge in [0.1, 0.15) is 5.02 Å². The normalized spacial score (nSPS) is 11.9. The van der Waals surface area contributed by atoms with E-state index >= 15 is 0 Å². The van der Waals surface area contributed by atoms with Crippen LogP contribution in [-0.4, -0.2) is 46.4 Å². The topological polar surface area (TPSA) is 93.4 Å². The number of aromatic nitrogens is 2. The molecular weight excluding hydrogens is 426 g/mol. The molecule has 1 atom stereocenters. The SMILES string of the molecule is CCCc1cc(C(=O)OC)ccc1SCC(O)CNc1cnn(CCC)c(=O)c1Cl. The van der Waals surface area contributed by atoms with Gasteiger partial charge in [0.2, 0.25) is 0 Å². The third-order valence-corrected chi connectivity index (χ3v) is 6.01. The molecule has 9 heteroatoms. The van der Waals surface area contributed by atoms with E-state index in [1.165, 1.54) is 29.8 Å². The molecule has 0 aliphatic carbocycles. The predicted octanol–water partition coefficient (Wildman–Crippen LogP) is 3.61. The highest BCUT2D eigenvalue weighted by Gasteiger charge is 2.14. The molecule has 1 heterocycles. The number of anilines is 1. The van der Waals surface area contributed by atoms with Gasteiger partial charge in [0.15, 0.2) is 0 Å². The average Bonchev–Trinajstić information content (AvgIpc) is 2.75. The van der Waals surface area contributed by atoms with Crippen LogP contribution < -0.4 is 10.9 Å². The zero-order valence-electron chi connectivity index (χ0n) is 17.5. The van der Waals surface area contributed by atoms with Gasteiger partial charge in [-0.25, -0.2) is 9.48 Å². The van der Waals surface area contributed by atoms with Crippen molar-refractivity contribution in [2.75, 3.05) is 24.7 Å². The van der Waals surface area contributed by atoms with Crippen molar-refractivity contribution in [1.82, 2.24) is 9.78 Å². The van der Waals surface area contributed by atoms with Crippen LogP contribution in [-0.2, 0) is 17.7 Å². The van der Waals surface area contributed by atoms with Crippen LogP contribution in [0.15, 0.2) is 34.1 Å². The fourth-order valence-electron chi connectivity index (χ4n) is 2.86. The molecule has 0 saturated heterocycles. The Balaban J connectivity index is 1.98. The second-order valence-electron chi connectivity index (χ2n) is 6.81. The van der Waals surface area contributed by atoms with E-state index in [9.17, 15) is 14.7 Å². The number of aryl methyl sites for hydroxylation is 2. The van der Waals surface area contributed by atoms with Crippen molar-refractivity contribution in [3.63, 3.8) is 0 Å². The van der Waals surface area contributed by atoms with Gasteiger partial charge >= 0.3 is 5.97 Å². The van der Waals surface area contributed by atoms with Crippen molar-refractivity contribution in [3.05, 3.63) is 50.9 Å². The summed E-state index contributed by atoms with van der Waals surface area (Å²) < 4.78 is 6.11. The lowest BCUT2D eigenvalue weighted by molar-refractivity contribution is 0.0600. The van der Waals surface area contributed by atoms with Crippen molar-refractivity contribution in [3.8, 4) is 0 Å². The first kappa shape index (κ1) is 24.2. The Kier molecular flexibility index (Phi) is 9.68. The monoisotopic (exact) mass is 453 g/mol. The van der Waals surface area contributed by atoms with Crippen LogP contribution in [0, 0.1) is 0 Å². The molecule has 1 aromatic carbocycles. The maximum absolute atomic E-state index is 12.2. The second kappa shape index (κ2) is 12.0. The zero-order chi connectivity index (χ0) is 22.1. The number of aliphatic hydroxyl groups excluding tert-OH is 1. The van der Waals surface area contributed by atoms with Gasteiger partial charge < -0.3 is 15.2 Å². The fraction of sp³-hybridized carbons (Fsp3) is 0.476. The summed E-state index contributed by atoms with van der Waals surface area (Å²) in [5, 5.41) is 17.5. The van der Waals surface area contributed by atoms with Gasteiger partial charge in [-0.2, -0.15) is 5.10 Å². The van der Waals surface area contributed by atoms with Gasteiger partial charge in [-0.1, -0.05) is 31.9 Å². The molecule has 0 radical (unpaired) electrons. The average molecular weight is 454 g/mol. The van der Waals surface area contributed by atoms with E-state index in [4.69, 9.17) is 16.3 Å². The molecule has 0 spiro atoms. The summed E-state index contributed by atoms with van der Waals surface area (Å²) in [6.45, 7) is 4.77. The summed E-state index contributed by atoms with van der Waals surface area (Å²) in [4.78, 5) is 24.9. The highest BCUT2D eigenvalue weighted by Crippen LogP contribution is 2.26. The van der Waals surface area contributed by atoms with E-state index in [-0.39, 0.29) is 23.1 Å². The van der Waals surface area contributed by atoms with E-state index in [1.807, 2.05) is 19.1 Å². The standard InChI is InChI=1S/C21H28ClN3O4S/c1-4-6-14-10-15(21(28)29-3)7-8-18(14)30-13-16(26)11-23-17-12-24-25(9-5-2)20(27)19(17)22/h7-8,10,12,16,23,26H,4-6,9,11,13H2,1-3H3. The van der Waals surface area contributed by atoms with Gasteiger partial charge in [0.25, 0.3) is 5.56 Å². The van der Waals surface area contributed by atoms with Crippen LogP contribution in [0.5, 0.6) is 0 Å². The van der Waals surface area contributed by atoms with E-state index < -0.39 is 6.10 Å². The summed E-state index contributed by atoms with van der Waals surface area (Å²) in [7, 11) is 1.36. The smallest absolute Gasteiger partial charge is 0.337 e. The molecule has 0 amide bonds. The molecule has 0 saturated carbocycles. The first-order valence-electron chi connectivity index (χ1n) is 9.92. The molecule has 1 unspecified atom stereocenters. The van der Waals surface area contributed by atoms with Gasteiger partial charge in [0, 0.05) is 23.7 Å². The molecule has 0 aliphatic rings. The second-order valence-corrected chi connectivity index (χ2v) is 8.25. The van der Waals surface area contributed by atoms with Crippen molar-refractivity contribution in [2.24, 2.45) is 0 Å². The van der Waals surface area contributed by atoms with Crippen LogP contribution >= 0.6 is 23.4 Å². The molecule has 2 aromatic rings. The summed E-state index contributed by atoms with van der Waals surface area (Å²) in [5.74, 6) is 0.0821. The van der Waals surface area contributed by atoms with Crippen LogP contribution in [0.3, 0.4) is 0 Å². The van der Waals surface area contributed by atoms with Crippen molar-refractivity contribution < 1.29 is 14.6 Å². The number of aliphatic hydroxyl groups is 1. The Morgan fingerprint density at radius 3 is 2.80 bits per heavy atom. The first-order valence-corrected chi connectivity index (χ1v) is 11.3. The minimum atomic E-state index is -0.668. The zero-order valence-corrected chi connectivity index (χ0v) is 19.1. The molecule has 0 fully saturated rings. The maximum atomic E-state index is 12.2. The number of nitrogens with zero attached hydrogens (tertiary/aromatic N) is 2. The lowest BCUT2D eigenvalue weighted by Crippen LogP contribution is -2.26. The summed E-state index contributed by atoms with van der Waals surface area (Å²) in [6, 6.07) is 5.46. The van der Waals surface area contributed by atoms with Gasteiger partial charge in [-0.3, -0.25) is 4.79 Å². The molecular formula is C21H28ClN3O4S. The highest BCUT2D eigenvalue weighted by atomic mass is 35.5. The molecule has 2 rings (SSSR count). The molecule has 2 N–H and O–H groups in total. The van der Waals surface area contributed by atoms with Gasteiger partial charge in [-0.15, -0.1) is 11.8 Å². The molecule has 0 bridgehead atoms. The summed E-state index contributed by atoms with van der Waals surface area (Å²) >= 11 is 7.66. The van der Waals surface area contributed by atoms with E-state index in [0.29, 0.717) is 23.5 Å². The number of benzene rings is 1. The molecule has 0 aliphatic heterocycles.